The van der Waals surface area contributed by atoms with E-state index in [1.54, 1.807) is 36.3 Å². The van der Waals surface area contributed by atoms with Crippen LogP contribution in [0.25, 0.3) is 21.9 Å². The molecule has 0 spiro atoms. The van der Waals surface area contributed by atoms with E-state index in [-0.39, 0.29) is 11.3 Å². The van der Waals surface area contributed by atoms with Gasteiger partial charge in [0.25, 0.3) is 12.3 Å². The molecule has 2 aromatic heterocycles. The van der Waals surface area contributed by atoms with Crippen LogP contribution in [0.2, 0.25) is 0 Å². The van der Waals surface area contributed by atoms with Gasteiger partial charge in [-0.3, -0.25) is 9.48 Å². The van der Waals surface area contributed by atoms with Crippen LogP contribution in [-0.4, -0.2) is 27.2 Å². The van der Waals surface area contributed by atoms with E-state index in [9.17, 15) is 13.6 Å². The Morgan fingerprint density at radius 3 is 2.72 bits per heavy atom. The molecule has 8 heteroatoms. The molecule has 2 N–H and O–H groups in total. The number of hydrogen-bond acceptors (Lipinski definition) is 4. The summed E-state index contributed by atoms with van der Waals surface area (Å²) in [5.41, 5.74) is 8.38. The minimum absolute atomic E-state index is 0.0565. The second-order valence-corrected chi connectivity index (χ2v) is 7.94. The van der Waals surface area contributed by atoms with E-state index < -0.39 is 12.3 Å². The lowest BCUT2D eigenvalue weighted by Crippen LogP contribution is -2.27. The summed E-state index contributed by atoms with van der Waals surface area (Å²) in [5.74, 6) is -0.0818. The fourth-order valence-electron chi connectivity index (χ4n) is 4.37. The molecule has 162 valence electrons. The summed E-state index contributed by atoms with van der Waals surface area (Å²) in [6.45, 7) is 0.598. The van der Waals surface area contributed by atoms with Crippen molar-refractivity contribution in [1.82, 2.24) is 14.8 Å². The van der Waals surface area contributed by atoms with Gasteiger partial charge in [0.1, 0.15) is 11.5 Å². The highest BCUT2D eigenvalue weighted by Crippen LogP contribution is 2.42. The Morgan fingerprint density at radius 1 is 1.19 bits per heavy atom. The van der Waals surface area contributed by atoms with Crippen LogP contribution >= 0.6 is 0 Å². The topological polar surface area (TPSA) is 77.0 Å². The highest BCUT2D eigenvalue weighted by Gasteiger charge is 2.26. The Labute approximate surface area is 183 Å². The van der Waals surface area contributed by atoms with Gasteiger partial charge >= 0.3 is 0 Å². The van der Waals surface area contributed by atoms with Gasteiger partial charge in [-0.1, -0.05) is 24.3 Å². The zero-order valence-electron chi connectivity index (χ0n) is 17.4. The van der Waals surface area contributed by atoms with Crippen molar-refractivity contribution in [2.24, 2.45) is 12.8 Å². The third-order valence-electron chi connectivity index (χ3n) is 5.85. The molecular weight excluding hydrogens is 412 g/mol. The summed E-state index contributed by atoms with van der Waals surface area (Å²) >= 11 is 0. The molecule has 5 rings (SSSR count). The molecule has 0 unspecified atom stereocenters. The van der Waals surface area contributed by atoms with E-state index in [4.69, 9.17) is 5.73 Å². The highest BCUT2D eigenvalue weighted by atomic mass is 19.3. The molecule has 0 aliphatic carbocycles. The summed E-state index contributed by atoms with van der Waals surface area (Å²) in [7, 11) is 1.76. The lowest BCUT2D eigenvalue weighted by atomic mass is 9.93. The van der Waals surface area contributed by atoms with E-state index in [1.165, 1.54) is 0 Å². The molecule has 4 aromatic rings. The second-order valence-electron chi connectivity index (χ2n) is 7.94. The van der Waals surface area contributed by atoms with Gasteiger partial charge in [0.2, 0.25) is 0 Å². The molecule has 1 aliphatic heterocycles. The first-order valence-electron chi connectivity index (χ1n) is 10.3. The quantitative estimate of drug-likeness (QED) is 0.504. The molecule has 6 nitrogen and oxygen atoms in total. The van der Waals surface area contributed by atoms with Gasteiger partial charge in [0.05, 0.1) is 6.20 Å². The van der Waals surface area contributed by atoms with Crippen LogP contribution < -0.4 is 10.6 Å². The molecule has 0 radical (unpaired) electrons. The Kier molecular flexibility index (Phi) is 4.84. The minimum Gasteiger partial charge on any atom is -0.364 e. The maximum atomic E-state index is 14.1. The Morgan fingerprint density at radius 2 is 2.00 bits per heavy atom. The Bertz CT molecular complexity index is 1350. The number of amides is 1. The predicted octanol–water partition coefficient (Wildman–Crippen LogP) is 4.76. The molecular formula is C24H21F2N5O. The molecule has 0 saturated carbocycles. The number of aromatic nitrogens is 3. The van der Waals surface area contributed by atoms with Crippen LogP contribution in [0.3, 0.4) is 0 Å². The van der Waals surface area contributed by atoms with Gasteiger partial charge in [0, 0.05) is 42.0 Å². The van der Waals surface area contributed by atoms with E-state index in [2.05, 4.69) is 10.1 Å². The number of pyridine rings is 1. The van der Waals surface area contributed by atoms with Crippen LogP contribution in [0, 0.1) is 0 Å². The number of carbonyl (C=O) groups is 1. The summed E-state index contributed by atoms with van der Waals surface area (Å²) in [4.78, 5) is 18.4. The number of fused-ring (bicyclic) bond motifs is 2. The third kappa shape index (κ3) is 3.37. The number of carbonyl (C=O) groups excluding carboxylic acids is 1. The number of rotatable bonds is 4. The van der Waals surface area contributed by atoms with Crippen molar-refractivity contribution >= 4 is 28.2 Å². The van der Waals surface area contributed by atoms with Crippen molar-refractivity contribution in [3.05, 3.63) is 71.7 Å². The molecule has 0 fully saturated rings. The number of alkyl halides is 2. The SMILES string of the molecule is Cn1cc(-c2cc3c(cc2C(F)F)N(c2nc(C(N)=O)cc4ccccc24)CCC3)cn1. The van der Waals surface area contributed by atoms with Crippen LogP contribution in [-0.2, 0) is 13.5 Å². The zero-order valence-corrected chi connectivity index (χ0v) is 17.4. The number of hydrogen-bond donors (Lipinski definition) is 1. The van der Waals surface area contributed by atoms with E-state index in [0.29, 0.717) is 29.2 Å². The summed E-state index contributed by atoms with van der Waals surface area (Å²) in [6, 6.07) is 12.6. The first-order valence-corrected chi connectivity index (χ1v) is 10.3. The van der Waals surface area contributed by atoms with Crippen molar-refractivity contribution in [3.63, 3.8) is 0 Å². The monoisotopic (exact) mass is 433 g/mol. The molecule has 1 amide bonds. The average molecular weight is 433 g/mol. The number of halogens is 2. The van der Waals surface area contributed by atoms with Crippen LogP contribution in [0.15, 0.2) is 54.9 Å². The standard InChI is InChI=1S/C24H21F2N5O/c1-30-13-16(12-28-30)18-9-15-6-4-8-31(21(15)11-19(18)22(25)26)24-17-7-3-2-5-14(17)10-20(29-24)23(27)32/h2-3,5,7,9-13,22H,4,6,8H2,1H3,(H2,27,32). The number of benzene rings is 2. The van der Waals surface area contributed by atoms with Gasteiger partial charge in [-0.15, -0.1) is 0 Å². The first kappa shape index (κ1) is 20.1. The third-order valence-corrected chi connectivity index (χ3v) is 5.85. The fraction of sp³-hybridized carbons (Fsp3) is 0.208. The van der Waals surface area contributed by atoms with E-state index in [1.807, 2.05) is 35.2 Å². The number of anilines is 2. The van der Waals surface area contributed by atoms with E-state index in [0.717, 1.165) is 29.2 Å². The zero-order chi connectivity index (χ0) is 22.4. The Balaban J connectivity index is 1.72. The van der Waals surface area contributed by atoms with Gasteiger partial charge in [-0.2, -0.15) is 5.10 Å². The van der Waals surface area contributed by atoms with Crippen LogP contribution in [0.5, 0.6) is 0 Å². The van der Waals surface area contributed by atoms with Gasteiger partial charge < -0.3 is 10.6 Å². The molecule has 32 heavy (non-hydrogen) atoms. The number of aryl methyl sites for hydroxylation is 2. The van der Waals surface area contributed by atoms with Gasteiger partial charge in [-0.25, -0.2) is 13.8 Å². The highest BCUT2D eigenvalue weighted by molar-refractivity contribution is 6.01. The second kappa shape index (κ2) is 7.71. The van der Waals surface area contributed by atoms with Gasteiger partial charge in [-0.05, 0) is 47.6 Å². The molecule has 0 atom stereocenters. The largest absolute Gasteiger partial charge is 0.364 e. The molecule has 0 saturated heterocycles. The number of primary amides is 1. The smallest absolute Gasteiger partial charge is 0.267 e. The molecule has 1 aliphatic rings. The van der Waals surface area contributed by atoms with Crippen LogP contribution in [0.1, 0.15) is 34.5 Å². The lowest BCUT2D eigenvalue weighted by molar-refractivity contribution is 0.0996. The number of nitrogens with zero attached hydrogens (tertiary/aromatic N) is 4. The average Bonchev–Trinajstić information content (AvgIpc) is 3.23. The van der Waals surface area contributed by atoms with E-state index >= 15 is 0 Å². The minimum atomic E-state index is -2.65. The normalized spacial score (nSPS) is 13.6. The molecule has 3 heterocycles. The van der Waals surface area contributed by atoms with Crippen molar-refractivity contribution in [3.8, 4) is 11.1 Å². The molecule has 2 aromatic carbocycles. The maximum Gasteiger partial charge on any atom is 0.267 e. The van der Waals surface area contributed by atoms with Gasteiger partial charge in [0.15, 0.2) is 0 Å². The fourth-order valence-corrected chi connectivity index (χ4v) is 4.37. The summed E-state index contributed by atoms with van der Waals surface area (Å²) < 4.78 is 29.8. The summed E-state index contributed by atoms with van der Waals surface area (Å²) in [6.07, 6.45) is 2.26. The molecule has 0 bridgehead atoms. The van der Waals surface area contributed by atoms with Crippen molar-refractivity contribution in [1.29, 1.82) is 0 Å². The van der Waals surface area contributed by atoms with Crippen molar-refractivity contribution < 1.29 is 13.6 Å². The predicted molar refractivity (Wildman–Crippen MR) is 119 cm³/mol. The van der Waals surface area contributed by atoms with Crippen molar-refractivity contribution in [2.75, 3.05) is 11.4 Å². The van der Waals surface area contributed by atoms with Crippen LogP contribution in [0.4, 0.5) is 20.3 Å². The lowest BCUT2D eigenvalue weighted by Gasteiger charge is -2.32. The number of nitrogens with two attached hydrogens (primary N) is 1. The Hall–Kier alpha value is -3.81. The first-order chi connectivity index (χ1) is 15.4. The summed E-state index contributed by atoms with van der Waals surface area (Å²) in [5, 5.41) is 5.79. The maximum absolute atomic E-state index is 14.1. The van der Waals surface area contributed by atoms with Crippen molar-refractivity contribution in [2.45, 2.75) is 19.3 Å².